The highest BCUT2D eigenvalue weighted by Crippen LogP contribution is 2.31. The summed E-state index contributed by atoms with van der Waals surface area (Å²) in [4.78, 5) is 0. The summed E-state index contributed by atoms with van der Waals surface area (Å²) >= 11 is 9.38. The standard InChI is InChI=1S/C13H11BrClFN2/c14-11-6-5-8(15)7-10(11)13(18-17)9-3-1-2-4-12(9)16/h1-7,13,18H,17H2. The predicted octanol–water partition coefficient (Wildman–Crippen LogP) is 3.79. The molecule has 0 heterocycles. The van der Waals surface area contributed by atoms with Crippen LogP contribution in [-0.4, -0.2) is 0 Å². The Hall–Kier alpha value is -0.940. The van der Waals surface area contributed by atoms with Crippen molar-refractivity contribution in [3.8, 4) is 0 Å². The van der Waals surface area contributed by atoms with Crippen LogP contribution in [0.1, 0.15) is 17.2 Å². The van der Waals surface area contributed by atoms with Crippen LogP contribution in [0.3, 0.4) is 0 Å². The zero-order valence-electron chi connectivity index (χ0n) is 9.33. The Balaban J connectivity index is 2.52. The number of halogens is 3. The molecule has 0 spiro atoms. The first-order valence-electron chi connectivity index (χ1n) is 5.29. The van der Waals surface area contributed by atoms with Gasteiger partial charge in [0, 0.05) is 15.1 Å². The molecular formula is C13H11BrClFN2. The zero-order chi connectivity index (χ0) is 13.1. The van der Waals surface area contributed by atoms with E-state index in [1.54, 1.807) is 30.3 Å². The van der Waals surface area contributed by atoms with Gasteiger partial charge in [-0.05, 0) is 29.8 Å². The second-order valence-electron chi connectivity index (χ2n) is 3.79. The number of rotatable bonds is 3. The van der Waals surface area contributed by atoms with Gasteiger partial charge >= 0.3 is 0 Å². The summed E-state index contributed by atoms with van der Waals surface area (Å²) in [7, 11) is 0. The van der Waals surface area contributed by atoms with Crippen molar-refractivity contribution in [3.63, 3.8) is 0 Å². The average Bonchev–Trinajstić information content (AvgIpc) is 2.36. The van der Waals surface area contributed by atoms with Crippen LogP contribution in [0.4, 0.5) is 4.39 Å². The molecule has 0 saturated carbocycles. The van der Waals surface area contributed by atoms with Gasteiger partial charge in [-0.2, -0.15) is 0 Å². The molecule has 2 nitrogen and oxygen atoms in total. The predicted molar refractivity (Wildman–Crippen MR) is 74.7 cm³/mol. The number of nitrogens with two attached hydrogens (primary N) is 1. The molecule has 2 rings (SSSR count). The maximum Gasteiger partial charge on any atom is 0.128 e. The molecule has 3 N–H and O–H groups in total. The summed E-state index contributed by atoms with van der Waals surface area (Å²) in [5.74, 6) is 5.23. The Morgan fingerprint density at radius 3 is 2.56 bits per heavy atom. The molecule has 0 aliphatic rings. The number of hydrogen-bond acceptors (Lipinski definition) is 2. The van der Waals surface area contributed by atoms with Gasteiger partial charge < -0.3 is 0 Å². The highest BCUT2D eigenvalue weighted by Gasteiger charge is 2.18. The average molecular weight is 330 g/mol. The van der Waals surface area contributed by atoms with E-state index in [0.29, 0.717) is 10.6 Å². The molecule has 0 amide bonds. The molecule has 2 aromatic rings. The Morgan fingerprint density at radius 2 is 1.89 bits per heavy atom. The fourth-order valence-electron chi connectivity index (χ4n) is 1.79. The molecule has 1 atom stereocenters. The summed E-state index contributed by atoms with van der Waals surface area (Å²) in [6.07, 6.45) is 0. The second kappa shape index (κ2) is 5.80. The minimum atomic E-state index is -0.459. The lowest BCUT2D eigenvalue weighted by molar-refractivity contribution is 0.559. The molecule has 2 aromatic carbocycles. The molecule has 0 aliphatic heterocycles. The molecule has 0 fully saturated rings. The largest absolute Gasteiger partial charge is 0.271 e. The van der Waals surface area contributed by atoms with Crippen molar-refractivity contribution in [2.24, 2.45) is 5.84 Å². The van der Waals surface area contributed by atoms with E-state index in [0.717, 1.165) is 10.0 Å². The molecule has 0 saturated heterocycles. The van der Waals surface area contributed by atoms with Crippen LogP contribution in [0.25, 0.3) is 0 Å². The van der Waals surface area contributed by atoms with Gasteiger partial charge in [0.25, 0.3) is 0 Å². The highest BCUT2D eigenvalue weighted by molar-refractivity contribution is 9.10. The lowest BCUT2D eigenvalue weighted by atomic mass is 9.99. The molecule has 0 radical (unpaired) electrons. The summed E-state index contributed by atoms with van der Waals surface area (Å²) in [6, 6.07) is 11.3. The van der Waals surface area contributed by atoms with Crippen LogP contribution in [0.5, 0.6) is 0 Å². The smallest absolute Gasteiger partial charge is 0.128 e. The van der Waals surface area contributed by atoms with Gasteiger partial charge in [-0.1, -0.05) is 45.7 Å². The molecule has 5 heteroatoms. The first kappa shape index (κ1) is 13.5. The van der Waals surface area contributed by atoms with Crippen LogP contribution in [0, 0.1) is 5.82 Å². The van der Waals surface area contributed by atoms with E-state index in [9.17, 15) is 4.39 Å². The molecule has 18 heavy (non-hydrogen) atoms. The van der Waals surface area contributed by atoms with Crippen molar-refractivity contribution in [3.05, 3.63) is 68.9 Å². The summed E-state index contributed by atoms with van der Waals surface area (Å²) < 4.78 is 14.6. The van der Waals surface area contributed by atoms with Crippen molar-refractivity contribution in [2.45, 2.75) is 6.04 Å². The summed E-state index contributed by atoms with van der Waals surface area (Å²) in [5.41, 5.74) is 3.88. The van der Waals surface area contributed by atoms with Crippen LogP contribution in [0.15, 0.2) is 46.9 Å². The van der Waals surface area contributed by atoms with Gasteiger partial charge in [0.05, 0.1) is 6.04 Å². The Kier molecular flexibility index (Phi) is 4.35. The second-order valence-corrected chi connectivity index (χ2v) is 5.08. The lowest BCUT2D eigenvalue weighted by Gasteiger charge is -2.19. The van der Waals surface area contributed by atoms with Crippen LogP contribution < -0.4 is 11.3 Å². The lowest BCUT2D eigenvalue weighted by Crippen LogP contribution is -2.29. The first-order valence-corrected chi connectivity index (χ1v) is 6.46. The SMILES string of the molecule is NNC(c1ccccc1F)c1cc(Cl)ccc1Br. The Morgan fingerprint density at radius 1 is 1.17 bits per heavy atom. The fraction of sp³-hybridized carbons (Fsp3) is 0.0769. The van der Waals surface area contributed by atoms with Gasteiger partial charge in [0.2, 0.25) is 0 Å². The van der Waals surface area contributed by atoms with Crippen molar-refractivity contribution in [1.82, 2.24) is 5.43 Å². The third-order valence-electron chi connectivity index (χ3n) is 2.65. The monoisotopic (exact) mass is 328 g/mol. The van der Waals surface area contributed by atoms with E-state index in [1.807, 2.05) is 6.07 Å². The molecule has 0 aliphatic carbocycles. The normalized spacial score (nSPS) is 12.4. The highest BCUT2D eigenvalue weighted by atomic mass is 79.9. The van der Waals surface area contributed by atoms with E-state index in [4.69, 9.17) is 17.4 Å². The molecule has 0 bridgehead atoms. The van der Waals surface area contributed by atoms with E-state index >= 15 is 0 Å². The molecule has 0 aromatic heterocycles. The molecular weight excluding hydrogens is 319 g/mol. The number of nitrogens with one attached hydrogen (secondary N) is 1. The van der Waals surface area contributed by atoms with Crippen LogP contribution in [0.2, 0.25) is 5.02 Å². The number of hydrogen-bond donors (Lipinski definition) is 2. The number of benzene rings is 2. The van der Waals surface area contributed by atoms with Crippen molar-refractivity contribution in [1.29, 1.82) is 0 Å². The van der Waals surface area contributed by atoms with E-state index in [1.165, 1.54) is 6.07 Å². The van der Waals surface area contributed by atoms with Gasteiger partial charge in [-0.25, -0.2) is 9.82 Å². The van der Waals surface area contributed by atoms with Crippen molar-refractivity contribution in [2.75, 3.05) is 0 Å². The van der Waals surface area contributed by atoms with Gasteiger partial charge in [0.15, 0.2) is 0 Å². The first-order chi connectivity index (χ1) is 8.63. The maximum atomic E-state index is 13.8. The van der Waals surface area contributed by atoms with Crippen LogP contribution >= 0.6 is 27.5 Å². The van der Waals surface area contributed by atoms with Crippen LogP contribution in [-0.2, 0) is 0 Å². The Labute approximate surface area is 118 Å². The summed E-state index contributed by atoms with van der Waals surface area (Å²) in [6.45, 7) is 0. The van der Waals surface area contributed by atoms with Gasteiger partial charge in [0.1, 0.15) is 5.82 Å². The maximum absolute atomic E-state index is 13.8. The van der Waals surface area contributed by atoms with Crippen molar-refractivity contribution >= 4 is 27.5 Å². The topological polar surface area (TPSA) is 38.0 Å². The van der Waals surface area contributed by atoms with Gasteiger partial charge in [-0.3, -0.25) is 5.84 Å². The zero-order valence-corrected chi connectivity index (χ0v) is 11.7. The minimum Gasteiger partial charge on any atom is -0.271 e. The molecule has 94 valence electrons. The molecule has 1 unspecified atom stereocenters. The summed E-state index contributed by atoms with van der Waals surface area (Å²) in [5, 5.41) is 0.574. The Bertz CT molecular complexity index is 562. The van der Waals surface area contributed by atoms with E-state index in [-0.39, 0.29) is 5.82 Å². The van der Waals surface area contributed by atoms with E-state index in [2.05, 4.69) is 21.4 Å². The minimum absolute atomic E-state index is 0.313. The van der Waals surface area contributed by atoms with E-state index < -0.39 is 6.04 Å². The van der Waals surface area contributed by atoms with Crippen molar-refractivity contribution < 1.29 is 4.39 Å². The third-order valence-corrected chi connectivity index (χ3v) is 3.61. The number of hydrazine groups is 1. The van der Waals surface area contributed by atoms with Gasteiger partial charge in [-0.15, -0.1) is 0 Å². The quantitative estimate of drug-likeness (QED) is 0.664. The fourth-order valence-corrected chi connectivity index (χ4v) is 2.45. The third kappa shape index (κ3) is 2.72.